The van der Waals surface area contributed by atoms with Gasteiger partial charge in [0.2, 0.25) is 5.91 Å². The number of aliphatic hydroxyl groups excluding tert-OH is 1. The summed E-state index contributed by atoms with van der Waals surface area (Å²) in [6.45, 7) is 3.75. The van der Waals surface area contributed by atoms with Crippen LogP contribution in [0.5, 0.6) is 0 Å². The maximum absolute atomic E-state index is 13.4. The first-order valence-electron chi connectivity index (χ1n) is 11.2. The van der Waals surface area contributed by atoms with Crippen molar-refractivity contribution < 1.29 is 19.1 Å². The molecule has 2 amide bonds. The number of fused-ring (bicyclic) bond motifs is 1. The average Bonchev–Trinajstić information content (AvgIpc) is 3.37. The number of hydrogen-bond donors (Lipinski definition) is 3. The van der Waals surface area contributed by atoms with Crippen LogP contribution in [0.2, 0.25) is 0 Å². The molecular weight excluding hydrogens is 450 g/mol. The van der Waals surface area contributed by atoms with E-state index in [0.717, 1.165) is 5.56 Å². The summed E-state index contributed by atoms with van der Waals surface area (Å²) in [7, 11) is 1.66. The van der Waals surface area contributed by atoms with Gasteiger partial charge in [-0.1, -0.05) is 36.4 Å². The quantitative estimate of drug-likeness (QED) is 0.353. The number of amides is 2. The zero-order valence-corrected chi connectivity index (χ0v) is 19.6. The van der Waals surface area contributed by atoms with Gasteiger partial charge < -0.3 is 20.6 Å². The molecule has 0 saturated heterocycles. The minimum Gasteiger partial charge on any atom is -0.407 e. The van der Waals surface area contributed by atoms with Gasteiger partial charge in [0, 0.05) is 24.8 Å². The van der Waals surface area contributed by atoms with E-state index < -0.39 is 29.7 Å². The Bertz CT molecular complexity index is 1430. The Hall–Kier alpha value is -4.18. The van der Waals surface area contributed by atoms with Crippen LogP contribution >= 0.6 is 0 Å². The number of nitrogens with zero attached hydrogens (tertiary/aromatic N) is 3. The number of primary amides is 1. The van der Waals surface area contributed by atoms with Crippen molar-refractivity contribution in [1.29, 1.82) is 0 Å². The lowest BCUT2D eigenvalue weighted by molar-refractivity contribution is -0.127. The second kappa shape index (κ2) is 9.59. The third kappa shape index (κ3) is 4.73. The van der Waals surface area contributed by atoms with Crippen LogP contribution in [0.3, 0.4) is 0 Å². The smallest absolute Gasteiger partial charge is 0.407 e. The number of oxazole rings is 1. The maximum Gasteiger partial charge on any atom is 0.420 e. The predicted octanol–water partition coefficient (Wildman–Crippen LogP) is 1.76. The molecule has 0 bridgehead atoms. The van der Waals surface area contributed by atoms with Crippen molar-refractivity contribution in [2.45, 2.75) is 38.5 Å². The fourth-order valence-corrected chi connectivity index (χ4v) is 4.14. The van der Waals surface area contributed by atoms with Crippen molar-refractivity contribution in [3.63, 3.8) is 0 Å². The molecule has 2 unspecified atom stereocenters. The minimum absolute atomic E-state index is 0.125. The molecule has 4 N–H and O–H groups in total. The fourth-order valence-electron chi connectivity index (χ4n) is 4.14. The summed E-state index contributed by atoms with van der Waals surface area (Å²) < 4.78 is 8.54. The standard InChI is InChI=1S/C25H27N5O5/c1-14(2)30-19-11-7-10-16(22(19)35-25(30)34)20-17(13-29(3)28-20)24(33)27-18(21(31)23(26)32)12-15-8-5-4-6-9-15/h4-11,13-14,18,21,31H,12H2,1-3H3,(H2,26,32)(H,27,33). The normalized spacial score (nSPS) is 13.2. The van der Waals surface area contributed by atoms with E-state index in [4.69, 9.17) is 10.2 Å². The topological polar surface area (TPSA) is 145 Å². The van der Waals surface area contributed by atoms with Crippen LogP contribution in [0.15, 0.2) is 63.9 Å². The number of nitrogens with one attached hydrogen (secondary N) is 1. The molecule has 0 aliphatic rings. The molecule has 182 valence electrons. The first-order valence-corrected chi connectivity index (χ1v) is 11.2. The minimum atomic E-state index is -1.60. The van der Waals surface area contributed by atoms with E-state index in [1.807, 2.05) is 44.2 Å². The van der Waals surface area contributed by atoms with Crippen molar-refractivity contribution in [2.24, 2.45) is 12.8 Å². The Morgan fingerprint density at radius 2 is 1.86 bits per heavy atom. The van der Waals surface area contributed by atoms with Crippen LogP contribution in [-0.4, -0.2) is 43.4 Å². The average molecular weight is 478 g/mol. The van der Waals surface area contributed by atoms with Crippen molar-refractivity contribution in [3.05, 3.63) is 76.4 Å². The number of benzene rings is 2. The fraction of sp³-hybridized carbons (Fsp3) is 0.280. The molecule has 10 nitrogen and oxygen atoms in total. The van der Waals surface area contributed by atoms with Crippen LogP contribution in [0.1, 0.15) is 35.8 Å². The highest BCUT2D eigenvalue weighted by Gasteiger charge is 2.29. The number of rotatable bonds is 8. The predicted molar refractivity (Wildman–Crippen MR) is 130 cm³/mol. The van der Waals surface area contributed by atoms with Gasteiger partial charge in [-0.2, -0.15) is 5.10 Å². The summed E-state index contributed by atoms with van der Waals surface area (Å²) >= 11 is 0. The van der Waals surface area contributed by atoms with Gasteiger partial charge in [0.05, 0.1) is 17.1 Å². The van der Waals surface area contributed by atoms with Gasteiger partial charge in [0.15, 0.2) is 11.7 Å². The lowest BCUT2D eigenvalue weighted by Gasteiger charge is -2.22. The molecule has 2 atom stereocenters. The zero-order chi connectivity index (χ0) is 25.3. The van der Waals surface area contributed by atoms with Crippen molar-refractivity contribution in [3.8, 4) is 11.3 Å². The Balaban J connectivity index is 1.73. The zero-order valence-electron chi connectivity index (χ0n) is 19.6. The van der Waals surface area contributed by atoms with Gasteiger partial charge in [0.25, 0.3) is 5.91 Å². The summed E-state index contributed by atoms with van der Waals surface area (Å²) in [5.74, 6) is -2.01. The SMILES string of the molecule is CC(C)n1c(=O)oc2c(-c3nn(C)cc3C(=O)NC(Cc3ccccc3)C(O)C(N)=O)cccc21. The van der Waals surface area contributed by atoms with E-state index in [2.05, 4.69) is 10.4 Å². The first-order chi connectivity index (χ1) is 16.7. The summed E-state index contributed by atoms with van der Waals surface area (Å²) in [5.41, 5.74) is 8.01. The lowest BCUT2D eigenvalue weighted by Crippen LogP contribution is -2.50. The second-order valence-corrected chi connectivity index (χ2v) is 8.67. The Morgan fingerprint density at radius 3 is 2.51 bits per heavy atom. The largest absolute Gasteiger partial charge is 0.420 e. The monoisotopic (exact) mass is 477 g/mol. The van der Waals surface area contributed by atoms with Gasteiger partial charge in [-0.3, -0.25) is 18.8 Å². The molecule has 2 aromatic carbocycles. The number of aryl methyl sites for hydroxylation is 1. The number of aliphatic hydroxyl groups is 1. The molecular formula is C25H27N5O5. The van der Waals surface area contributed by atoms with Crippen molar-refractivity contribution >= 4 is 22.9 Å². The second-order valence-electron chi connectivity index (χ2n) is 8.67. The summed E-state index contributed by atoms with van der Waals surface area (Å²) in [6, 6.07) is 13.3. The van der Waals surface area contributed by atoms with E-state index in [0.29, 0.717) is 22.4 Å². The number of carbonyl (C=O) groups excluding carboxylic acids is 2. The maximum atomic E-state index is 13.4. The molecule has 0 saturated carbocycles. The van der Waals surface area contributed by atoms with Gasteiger partial charge in [0.1, 0.15) is 5.69 Å². The number of aromatic nitrogens is 3. The van der Waals surface area contributed by atoms with E-state index >= 15 is 0 Å². The molecule has 35 heavy (non-hydrogen) atoms. The summed E-state index contributed by atoms with van der Waals surface area (Å²) in [6.07, 6.45) is 0.117. The summed E-state index contributed by atoms with van der Waals surface area (Å²) in [5, 5.41) is 17.6. The third-order valence-electron chi connectivity index (χ3n) is 5.77. The highest BCUT2D eigenvalue weighted by atomic mass is 16.4. The van der Waals surface area contributed by atoms with Crippen LogP contribution < -0.4 is 16.8 Å². The van der Waals surface area contributed by atoms with E-state index in [1.54, 1.807) is 25.2 Å². The van der Waals surface area contributed by atoms with Crippen LogP contribution in [0.25, 0.3) is 22.4 Å². The lowest BCUT2D eigenvalue weighted by atomic mass is 9.99. The molecule has 0 spiro atoms. The molecule has 4 aromatic rings. The highest BCUT2D eigenvalue weighted by molar-refractivity contribution is 6.03. The Morgan fingerprint density at radius 1 is 1.14 bits per heavy atom. The molecule has 0 aliphatic carbocycles. The van der Waals surface area contributed by atoms with Gasteiger partial charge in [-0.25, -0.2) is 4.79 Å². The van der Waals surface area contributed by atoms with Gasteiger partial charge >= 0.3 is 5.76 Å². The van der Waals surface area contributed by atoms with Crippen molar-refractivity contribution in [2.75, 3.05) is 0 Å². The number of para-hydroxylation sites is 1. The molecule has 10 heteroatoms. The molecule has 2 aromatic heterocycles. The van der Waals surface area contributed by atoms with Crippen molar-refractivity contribution in [1.82, 2.24) is 19.7 Å². The highest BCUT2D eigenvalue weighted by Crippen LogP contribution is 2.30. The molecule has 0 aliphatic heterocycles. The number of nitrogens with two attached hydrogens (primary N) is 1. The summed E-state index contributed by atoms with van der Waals surface area (Å²) in [4.78, 5) is 37.6. The molecule has 4 rings (SSSR count). The first kappa shape index (κ1) is 24.0. The van der Waals surface area contributed by atoms with E-state index in [-0.39, 0.29) is 18.0 Å². The number of hydrogen-bond acceptors (Lipinski definition) is 6. The van der Waals surface area contributed by atoms with Gasteiger partial charge in [-0.15, -0.1) is 0 Å². The Kier molecular flexibility index (Phi) is 6.57. The molecule has 2 heterocycles. The van der Waals surface area contributed by atoms with Crippen LogP contribution in [0, 0.1) is 0 Å². The van der Waals surface area contributed by atoms with Crippen LogP contribution in [0.4, 0.5) is 0 Å². The molecule has 0 radical (unpaired) electrons. The van der Waals surface area contributed by atoms with E-state index in [1.165, 1.54) is 15.4 Å². The van der Waals surface area contributed by atoms with E-state index in [9.17, 15) is 19.5 Å². The molecule has 0 fully saturated rings. The van der Waals surface area contributed by atoms with Gasteiger partial charge in [-0.05, 0) is 38.0 Å². The number of carbonyl (C=O) groups is 2. The third-order valence-corrected chi connectivity index (χ3v) is 5.77. The van der Waals surface area contributed by atoms with Crippen LogP contribution in [-0.2, 0) is 18.3 Å². The Labute approximate surface area is 201 Å².